The third kappa shape index (κ3) is 4.02. The lowest BCUT2D eigenvalue weighted by Crippen LogP contribution is -2.24. The fourth-order valence-corrected chi connectivity index (χ4v) is 3.96. The first-order valence-electron chi connectivity index (χ1n) is 7.28. The van der Waals surface area contributed by atoms with Crippen molar-refractivity contribution in [1.82, 2.24) is 0 Å². The molecule has 0 radical (unpaired) electrons. The maximum Gasteiger partial charge on any atom is 0.265 e. The van der Waals surface area contributed by atoms with Crippen LogP contribution >= 0.6 is 27.3 Å². The molecule has 25 heavy (non-hydrogen) atoms. The number of amides is 1. The number of sulfonamides is 1. The van der Waals surface area contributed by atoms with Gasteiger partial charge in [-0.25, -0.2) is 8.42 Å². The molecule has 1 amide bonds. The molecule has 3 aromatic rings. The molecule has 1 aromatic heterocycles. The molecular weight excluding hydrogens is 424 g/mol. The maximum absolute atomic E-state index is 12.4. The van der Waals surface area contributed by atoms with E-state index in [4.69, 9.17) is 0 Å². The summed E-state index contributed by atoms with van der Waals surface area (Å²) in [6, 6.07) is 14.4. The molecule has 0 fully saturated rings. The van der Waals surface area contributed by atoms with Crippen molar-refractivity contribution in [3.8, 4) is 0 Å². The van der Waals surface area contributed by atoms with Crippen LogP contribution in [0.2, 0.25) is 0 Å². The lowest BCUT2D eigenvalue weighted by Gasteiger charge is -2.16. The van der Waals surface area contributed by atoms with E-state index in [1.807, 2.05) is 30.3 Å². The van der Waals surface area contributed by atoms with Gasteiger partial charge in [0.15, 0.2) is 0 Å². The minimum absolute atomic E-state index is 0.193. The summed E-state index contributed by atoms with van der Waals surface area (Å²) in [5.41, 5.74) is 1.27. The van der Waals surface area contributed by atoms with Crippen molar-refractivity contribution in [3.63, 3.8) is 0 Å². The van der Waals surface area contributed by atoms with E-state index in [2.05, 4.69) is 21.2 Å². The Morgan fingerprint density at radius 3 is 2.44 bits per heavy atom. The predicted octanol–water partition coefficient (Wildman–Crippen LogP) is 4.31. The van der Waals surface area contributed by atoms with Gasteiger partial charge in [0.25, 0.3) is 5.91 Å². The van der Waals surface area contributed by atoms with Crippen LogP contribution in [0.5, 0.6) is 0 Å². The van der Waals surface area contributed by atoms with E-state index in [0.29, 0.717) is 16.3 Å². The Kier molecular flexibility index (Phi) is 4.86. The molecule has 8 heteroatoms. The molecule has 0 spiro atoms. The van der Waals surface area contributed by atoms with E-state index >= 15 is 0 Å². The Labute approximate surface area is 158 Å². The van der Waals surface area contributed by atoms with Crippen LogP contribution in [0.4, 0.5) is 11.4 Å². The van der Waals surface area contributed by atoms with E-state index in [1.54, 1.807) is 18.2 Å². The minimum atomic E-state index is -3.32. The largest absolute Gasteiger partial charge is 0.321 e. The van der Waals surface area contributed by atoms with E-state index in [0.717, 1.165) is 20.8 Å². The van der Waals surface area contributed by atoms with Crippen molar-refractivity contribution in [1.29, 1.82) is 0 Å². The second kappa shape index (κ2) is 6.78. The van der Waals surface area contributed by atoms with Gasteiger partial charge in [0.05, 0.1) is 16.8 Å². The molecule has 0 saturated carbocycles. The zero-order chi connectivity index (χ0) is 18.2. The van der Waals surface area contributed by atoms with Gasteiger partial charge in [0.1, 0.15) is 0 Å². The fourth-order valence-electron chi connectivity index (χ4n) is 2.26. The van der Waals surface area contributed by atoms with Gasteiger partial charge in [-0.2, -0.15) is 0 Å². The van der Waals surface area contributed by atoms with Crippen LogP contribution in [0.3, 0.4) is 0 Å². The first kappa shape index (κ1) is 17.9. The average molecular weight is 439 g/mol. The van der Waals surface area contributed by atoms with Gasteiger partial charge in [-0.15, -0.1) is 11.3 Å². The second-order valence-electron chi connectivity index (χ2n) is 5.52. The van der Waals surface area contributed by atoms with Gasteiger partial charge >= 0.3 is 0 Å². The zero-order valence-electron chi connectivity index (χ0n) is 13.5. The molecule has 0 atom stereocenters. The molecule has 0 aliphatic rings. The monoisotopic (exact) mass is 438 g/mol. The number of carbonyl (C=O) groups is 1. The molecule has 0 aliphatic heterocycles. The number of benzene rings is 2. The second-order valence-corrected chi connectivity index (χ2v) is 9.54. The van der Waals surface area contributed by atoms with Crippen molar-refractivity contribution in [3.05, 3.63) is 57.9 Å². The van der Waals surface area contributed by atoms with Crippen molar-refractivity contribution >= 4 is 64.7 Å². The van der Waals surface area contributed by atoms with Crippen LogP contribution in [0.25, 0.3) is 10.1 Å². The van der Waals surface area contributed by atoms with Gasteiger partial charge in [-0.3, -0.25) is 9.10 Å². The Morgan fingerprint density at radius 1 is 1.12 bits per heavy atom. The SMILES string of the molecule is CN(c1ccc2sc(C(=O)Nc3ccc(Br)cc3)cc2c1)S(C)(=O)=O. The number of nitrogens with zero attached hydrogens (tertiary/aromatic N) is 1. The third-order valence-corrected chi connectivity index (χ3v) is 6.54. The molecule has 130 valence electrons. The van der Waals surface area contributed by atoms with Gasteiger partial charge < -0.3 is 5.32 Å². The van der Waals surface area contributed by atoms with Crippen LogP contribution < -0.4 is 9.62 Å². The molecule has 1 N–H and O–H groups in total. The number of hydrogen-bond donors (Lipinski definition) is 1. The van der Waals surface area contributed by atoms with E-state index in [1.165, 1.54) is 22.7 Å². The molecule has 2 aromatic carbocycles. The van der Waals surface area contributed by atoms with Crippen LogP contribution in [-0.4, -0.2) is 27.6 Å². The Bertz CT molecular complexity index is 1040. The lowest BCUT2D eigenvalue weighted by molar-refractivity contribution is 0.103. The summed E-state index contributed by atoms with van der Waals surface area (Å²) in [7, 11) is -1.82. The number of rotatable bonds is 4. The van der Waals surface area contributed by atoms with Gasteiger partial charge in [-0.05, 0) is 53.9 Å². The van der Waals surface area contributed by atoms with Crippen molar-refractivity contribution in [2.24, 2.45) is 0 Å². The molecule has 1 heterocycles. The Balaban J connectivity index is 1.88. The number of fused-ring (bicyclic) bond motifs is 1. The smallest absolute Gasteiger partial charge is 0.265 e. The standard InChI is InChI=1S/C17H15BrN2O3S2/c1-20(25(2,22)23)14-7-8-15-11(9-14)10-16(24-15)17(21)19-13-5-3-12(18)4-6-13/h3-10H,1-2H3,(H,19,21). The third-order valence-electron chi connectivity index (χ3n) is 3.69. The van der Waals surface area contributed by atoms with Crippen LogP contribution in [0.1, 0.15) is 9.67 Å². The Morgan fingerprint density at radius 2 is 1.80 bits per heavy atom. The highest BCUT2D eigenvalue weighted by Crippen LogP contribution is 2.30. The first-order chi connectivity index (χ1) is 11.7. The molecule has 0 saturated heterocycles. The van der Waals surface area contributed by atoms with E-state index < -0.39 is 10.0 Å². The minimum Gasteiger partial charge on any atom is -0.321 e. The highest BCUT2D eigenvalue weighted by Gasteiger charge is 2.15. The molecule has 5 nitrogen and oxygen atoms in total. The number of thiophene rings is 1. The Hall–Kier alpha value is -1.90. The number of hydrogen-bond acceptors (Lipinski definition) is 4. The summed E-state index contributed by atoms with van der Waals surface area (Å²) in [6.07, 6.45) is 1.15. The predicted molar refractivity (Wildman–Crippen MR) is 107 cm³/mol. The number of carbonyl (C=O) groups excluding carboxylic acids is 1. The van der Waals surface area contributed by atoms with Crippen LogP contribution in [0, 0.1) is 0 Å². The molecule has 0 unspecified atom stereocenters. The van der Waals surface area contributed by atoms with E-state index in [-0.39, 0.29) is 5.91 Å². The summed E-state index contributed by atoms with van der Waals surface area (Å²) < 4.78 is 26.4. The van der Waals surface area contributed by atoms with Gasteiger partial charge in [0.2, 0.25) is 10.0 Å². The highest BCUT2D eigenvalue weighted by molar-refractivity contribution is 9.10. The van der Waals surface area contributed by atoms with Crippen LogP contribution in [0.15, 0.2) is 53.0 Å². The van der Waals surface area contributed by atoms with E-state index in [9.17, 15) is 13.2 Å². The molecular formula is C17H15BrN2O3S2. The summed E-state index contributed by atoms with van der Waals surface area (Å²) in [5.74, 6) is -0.193. The van der Waals surface area contributed by atoms with Crippen LogP contribution in [-0.2, 0) is 10.0 Å². The molecule has 3 rings (SSSR count). The average Bonchev–Trinajstić information content (AvgIpc) is 2.98. The fraction of sp³-hybridized carbons (Fsp3) is 0.118. The summed E-state index contributed by atoms with van der Waals surface area (Å²) >= 11 is 4.72. The first-order valence-corrected chi connectivity index (χ1v) is 10.7. The summed E-state index contributed by atoms with van der Waals surface area (Å²) in [5, 5.41) is 3.68. The number of anilines is 2. The highest BCUT2D eigenvalue weighted by atomic mass is 79.9. The topological polar surface area (TPSA) is 66.5 Å². The quantitative estimate of drug-likeness (QED) is 0.659. The summed E-state index contributed by atoms with van der Waals surface area (Å²) in [6.45, 7) is 0. The van der Waals surface area contributed by atoms with Gasteiger partial charge in [-0.1, -0.05) is 15.9 Å². The number of halogens is 1. The van der Waals surface area contributed by atoms with Gasteiger partial charge in [0, 0.05) is 21.9 Å². The zero-order valence-corrected chi connectivity index (χ0v) is 16.7. The maximum atomic E-state index is 12.4. The normalized spacial score (nSPS) is 11.5. The number of nitrogens with one attached hydrogen (secondary N) is 1. The summed E-state index contributed by atoms with van der Waals surface area (Å²) in [4.78, 5) is 13.0. The van der Waals surface area contributed by atoms with Crippen molar-refractivity contribution < 1.29 is 13.2 Å². The lowest BCUT2D eigenvalue weighted by atomic mass is 10.2. The van der Waals surface area contributed by atoms with Crippen molar-refractivity contribution in [2.75, 3.05) is 22.9 Å². The van der Waals surface area contributed by atoms with Crippen molar-refractivity contribution in [2.45, 2.75) is 0 Å². The molecule has 0 bridgehead atoms. The molecule has 0 aliphatic carbocycles.